The number of esters is 1. The highest BCUT2D eigenvalue weighted by Gasteiger charge is 2.46. The zero-order valence-corrected chi connectivity index (χ0v) is 21.0. The molecule has 2 heterocycles. The van der Waals surface area contributed by atoms with Gasteiger partial charge >= 0.3 is 5.97 Å². The van der Waals surface area contributed by atoms with Gasteiger partial charge in [0.1, 0.15) is 11.5 Å². The van der Waals surface area contributed by atoms with Gasteiger partial charge in [0.25, 0.3) is 17.4 Å². The molecular formula is C25H30N4O7. The first-order valence-electron chi connectivity index (χ1n) is 11.6. The first-order chi connectivity index (χ1) is 17.1. The fraction of sp³-hybridized carbons (Fsp3) is 0.400. The van der Waals surface area contributed by atoms with Crippen LogP contribution in [0.3, 0.4) is 0 Å². The fourth-order valence-electron chi connectivity index (χ4n) is 4.57. The lowest BCUT2D eigenvalue weighted by Crippen LogP contribution is -2.38. The summed E-state index contributed by atoms with van der Waals surface area (Å²) in [6.07, 6.45) is 0. The fourth-order valence-corrected chi connectivity index (χ4v) is 4.57. The van der Waals surface area contributed by atoms with Gasteiger partial charge < -0.3 is 24.6 Å². The molecule has 0 bridgehead atoms. The summed E-state index contributed by atoms with van der Waals surface area (Å²) in [5, 5.41) is 22.5. The summed E-state index contributed by atoms with van der Waals surface area (Å²) >= 11 is 0. The van der Waals surface area contributed by atoms with Crippen LogP contribution in [-0.4, -0.2) is 75.8 Å². The number of ether oxygens (including phenoxy) is 1. The van der Waals surface area contributed by atoms with Crippen molar-refractivity contribution < 1.29 is 29.2 Å². The van der Waals surface area contributed by atoms with Gasteiger partial charge in [-0.15, -0.1) is 0 Å². The number of rotatable bonds is 9. The van der Waals surface area contributed by atoms with E-state index in [4.69, 9.17) is 4.74 Å². The molecule has 11 nitrogen and oxygen atoms in total. The van der Waals surface area contributed by atoms with Crippen molar-refractivity contribution in [2.75, 3.05) is 33.3 Å². The number of nitrogens with zero attached hydrogens (tertiary/aromatic N) is 3. The van der Waals surface area contributed by atoms with Crippen molar-refractivity contribution in [3.05, 3.63) is 68.0 Å². The Morgan fingerprint density at radius 1 is 1.19 bits per heavy atom. The van der Waals surface area contributed by atoms with E-state index in [2.05, 4.69) is 9.88 Å². The number of nitro groups is 1. The average molecular weight is 499 g/mol. The standard InChI is InChI=1S/C25H30N4O7/c1-6-27(7-2)12-13-28-21(16-8-10-17(11-9-16)29(34)35)19(23(31)24(28)32)22(30)18-14(3)20(25(33)36-5)26-15(18)4/h8-11,21,26,30H,6-7,12-13H2,1-5H3/b22-19+/t21-/m0/s1. The number of carbonyl (C=O) groups excluding carboxylic acids is 3. The lowest BCUT2D eigenvalue weighted by atomic mass is 9.94. The molecule has 0 unspecified atom stereocenters. The van der Waals surface area contributed by atoms with Crippen molar-refractivity contribution in [1.29, 1.82) is 0 Å². The number of Topliss-reactive ketones (excluding diaryl/α,β-unsaturated/α-hetero) is 1. The van der Waals surface area contributed by atoms with Crippen LogP contribution in [0.15, 0.2) is 29.8 Å². The minimum Gasteiger partial charge on any atom is -0.507 e. The molecule has 1 fully saturated rings. The zero-order valence-electron chi connectivity index (χ0n) is 21.0. The van der Waals surface area contributed by atoms with E-state index >= 15 is 0 Å². The van der Waals surface area contributed by atoms with E-state index in [1.165, 1.54) is 36.3 Å². The van der Waals surface area contributed by atoms with Gasteiger partial charge in [-0.2, -0.15) is 0 Å². The van der Waals surface area contributed by atoms with Crippen molar-refractivity contribution in [3.63, 3.8) is 0 Å². The maximum absolute atomic E-state index is 13.3. The van der Waals surface area contributed by atoms with Crippen LogP contribution in [0.1, 0.15) is 52.8 Å². The van der Waals surface area contributed by atoms with Crippen LogP contribution < -0.4 is 0 Å². The van der Waals surface area contributed by atoms with Crippen molar-refractivity contribution in [2.45, 2.75) is 33.7 Å². The van der Waals surface area contributed by atoms with Gasteiger partial charge in [0.2, 0.25) is 0 Å². The summed E-state index contributed by atoms with van der Waals surface area (Å²) in [5.41, 5.74) is 1.30. The Balaban J connectivity index is 2.19. The molecule has 11 heteroatoms. The number of likely N-dealkylation sites (N-methyl/N-ethyl adjacent to an activating group) is 1. The van der Waals surface area contributed by atoms with E-state index in [1.54, 1.807) is 13.8 Å². The van der Waals surface area contributed by atoms with E-state index in [0.717, 1.165) is 13.1 Å². The first kappa shape index (κ1) is 26.6. The van der Waals surface area contributed by atoms with Crippen LogP contribution in [-0.2, 0) is 14.3 Å². The van der Waals surface area contributed by atoms with E-state index in [-0.39, 0.29) is 29.1 Å². The van der Waals surface area contributed by atoms with Crippen LogP contribution in [0.25, 0.3) is 5.76 Å². The maximum Gasteiger partial charge on any atom is 0.354 e. The SMILES string of the molecule is CCN(CC)CCN1C(=O)C(=O)/C(=C(/O)c2c(C)[nH]c(C(=O)OC)c2C)[C@@H]1c1ccc([N+](=O)[O-])cc1. The second-order valence-electron chi connectivity index (χ2n) is 8.48. The lowest BCUT2D eigenvalue weighted by molar-refractivity contribution is -0.384. The number of non-ortho nitro benzene ring substituents is 1. The Hall–Kier alpha value is -3.99. The predicted molar refractivity (Wildman–Crippen MR) is 132 cm³/mol. The quantitative estimate of drug-likeness (QED) is 0.134. The van der Waals surface area contributed by atoms with E-state index in [9.17, 15) is 29.6 Å². The Bertz CT molecular complexity index is 1230. The van der Waals surface area contributed by atoms with Gasteiger partial charge in [-0.25, -0.2) is 4.79 Å². The molecule has 1 aliphatic heterocycles. The molecule has 2 aromatic rings. The van der Waals surface area contributed by atoms with Gasteiger partial charge in [0, 0.05) is 36.5 Å². The molecule has 36 heavy (non-hydrogen) atoms. The predicted octanol–water partition coefficient (Wildman–Crippen LogP) is 3.09. The second-order valence-corrected chi connectivity index (χ2v) is 8.48. The molecule has 1 atom stereocenters. The van der Waals surface area contributed by atoms with E-state index in [1.807, 2.05) is 13.8 Å². The molecule has 1 saturated heterocycles. The van der Waals surface area contributed by atoms with Crippen LogP contribution in [0.2, 0.25) is 0 Å². The largest absolute Gasteiger partial charge is 0.507 e. The van der Waals surface area contributed by atoms with Gasteiger partial charge in [-0.05, 0) is 50.2 Å². The Morgan fingerprint density at radius 3 is 2.33 bits per heavy atom. The minimum absolute atomic E-state index is 0.124. The number of hydrogen-bond donors (Lipinski definition) is 2. The van der Waals surface area contributed by atoms with Gasteiger partial charge in [0.15, 0.2) is 0 Å². The third-order valence-electron chi connectivity index (χ3n) is 6.57. The summed E-state index contributed by atoms with van der Waals surface area (Å²) in [7, 11) is 1.23. The van der Waals surface area contributed by atoms with Crippen LogP contribution in [0.4, 0.5) is 5.69 Å². The van der Waals surface area contributed by atoms with Crippen LogP contribution >= 0.6 is 0 Å². The van der Waals surface area contributed by atoms with Crippen LogP contribution in [0, 0.1) is 24.0 Å². The highest BCUT2D eigenvalue weighted by Crippen LogP contribution is 2.41. The summed E-state index contributed by atoms with van der Waals surface area (Å²) in [4.78, 5) is 55.5. The number of aryl methyl sites for hydroxylation is 1. The molecule has 2 N–H and O–H groups in total. The van der Waals surface area contributed by atoms with E-state index < -0.39 is 34.4 Å². The third-order valence-corrected chi connectivity index (χ3v) is 6.57. The molecular weight excluding hydrogens is 468 g/mol. The normalized spacial score (nSPS) is 17.2. The number of likely N-dealkylation sites (tertiary alicyclic amines) is 1. The van der Waals surface area contributed by atoms with Gasteiger partial charge in [-0.1, -0.05) is 13.8 Å². The molecule has 0 spiro atoms. The third kappa shape index (κ3) is 4.74. The van der Waals surface area contributed by atoms with Crippen molar-refractivity contribution in [2.24, 2.45) is 0 Å². The molecule has 192 valence electrons. The number of amides is 1. The summed E-state index contributed by atoms with van der Waals surface area (Å²) in [5.74, 6) is -2.70. The smallest absolute Gasteiger partial charge is 0.354 e. The average Bonchev–Trinajstić information content (AvgIpc) is 3.30. The number of methoxy groups -OCH3 is 1. The number of aliphatic hydroxyl groups excluding tert-OH is 1. The summed E-state index contributed by atoms with van der Waals surface area (Å²) in [6.45, 7) is 9.42. The number of H-pyrrole nitrogens is 1. The Labute approximate surface area is 208 Å². The zero-order chi connectivity index (χ0) is 26.7. The molecule has 0 saturated carbocycles. The van der Waals surface area contributed by atoms with Crippen molar-refractivity contribution in [3.8, 4) is 0 Å². The number of ketones is 1. The second kappa shape index (κ2) is 10.7. The summed E-state index contributed by atoms with van der Waals surface area (Å²) < 4.78 is 4.79. The number of carbonyl (C=O) groups is 3. The molecule has 1 aromatic carbocycles. The number of hydrogen-bond acceptors (Lipinski definition) is 8. The highest BCUT2D eigenvalue weighted by atomic mass is 16.6. The van der Waals surface area contributed by atoms with Gasteiger partial charge in [0.05, 0.1) is 23.6 Å². The summed E-state index contributed by atoms with van der Waals surface area (Å²) in [6, 6.07) is 4.58. The molecule has 1 amide bonds. The topological polar surface area (TPSA) is 146 Å². The lowest BCUT2D eigenvalue weighted by Gasteiger charge is -2.28. The molecule has 0 radical (unpaired) electrons. The molecule has 1 aromatic heterocycles. The minimum atomic E-state index is -0.961. The molecule has 0 aliphatic carbocycles. The number of aliphatic hydroxyl groups is 1. The number of nitrogens with one attached hydrogen (secondary N) is 1. The first-order valence-corrected chi connectivity index (χ1v) is 11.6. The van der Waals surface area contributed by atoms with Crippen molar-refractivity contribution >= 4 is 29.1 Å². The van der Waals surface area contributed by atoms with Crippen LogP contribution in [0.5, 0.6) is 0 Å². The number of nitro benzene ring substituents is 1. The Morgan fingerprint density at radius 2 is 1.81 bits per heavy atom. The van der Waals surface area contributed by atoms with Gasteiger partial charge in [-0.3, -0.25) is 19.7 Å². The monoisotopic (exact) mass is 498 g/mol. The van der Waals surface area contributed by atoms with E-state index in [0.29, 0.717) is 23.4 Å². The number of benzene rings is 1. The number of aromatic nitrogens is 1. The maximum atomic E-state index is 13.3. The molecule has 1 aliphatic rings. The van der Waals surface area contributed by atoms with Crippen molar-refractivity contribution in [1.82, 2.24) is 14.8 Å². The Kier molecular flexibility index (Phi) is 7.93. The number of aromatic amines is 1. The molecule has 3 rings (SSSR count). The highest BCUT2D eigenvalue weighted by molar-refractivity contribution is 6.46.